The van der Waals surface area contributed by atoms with Gasteiger partial charge in [-0.05, 0) is 42.3 Å². The fourth-order valence-electron chi connectivity index (χ4n) is 1.84. The molecule has 0 aliphatic heterocycles. The lowest BCUT2D eigenvalue weighted by Gasteiger charge is -2.14. The second kappa shape index (κ2) is 6.12. The standard InChI is InChI=1S/C16H15FN2/c1-12(15-6-2-13(10-18)3-7-15)19-11-14-4-8-16(17)9-5-14/h2-9,12,19H,11H2,1H3. The van der Waals surface area contributed by atoms with E-state index < -0.39 is 0 Å². The van der Waals surface area contributed by atoms with Crippen molar-refractivity contribution in [1.82, 2.24) is 5.32 Å². The first-order valence-corrected chi connectivity index (χ1v) is 6.17. The lowest BCUT2D eigenvalue weighted by molar-refractivity contribution is 0.573. The zero-order valence-electron chi connectivity index (χ0n) is 10.7. The highest BCUT2D eigenvalue weighted by Gasteiger charge is 2.04. The van der Waals surface area contributed by atoms with E-state index in [0.29, 0.717) is 12.1 Å². The van der Waals surface area contributed by atoms with Crippen LogP contribution >= 0.6 is 0 Å². The van der Waals surface area contributed by atoms with E-state index in [1.165, 1.54) is 12.1 Å². The van der Waals surface area contributed by atoms with Gasteiger partial charge in [-0.3, -0.25) is 0 Å². The highest BCUT2D eigenvalue weighted by atomic mass is 19.1. The van der Waals surface area contributed by atoms with Gasteiger partial charge in [-0.15, -0.1) is 0 Å². The predicted octanol–water partition coefficient (Wildman–Crippen LogP) is 3.55. The summed E-state index contributed by atoms with van der Waals surface area (Å²) in [6.07, 6.45) is 0. The molecule has 0 heterocycles. The second-order valence-corrected chi connectivity index (χ2v) is 4.46. The van der Waals surface area contributed by atoms with Gasteiger partial charge in [-0.25, -0.2) is 4.39 Å². The van der Waals surface area contributed by atoms with Gasteiger partial charge >= 0.3 is 0 Å². The molecule has 0 aromatic heterocycles. The van der Waals surface area contributed by atoms with E-state index in [4.69, 9.17) is 5.26 Å². The van der Waals surface area contributed by atoms with Crippen molar-refractivity contribution in [2.75, 3.05) is 0 Å². The predicted molar refractivity (Wildman–Crippen MR) is 72.8 cm³/mol. The number of hydrogen-bond acceptors (Lipinski definition) is 2. The summed E-state index contributed by atoms with van der Waals surface area (Å²) in [7, 11) is 0. The summed E-state index contributed by atoms with van der Waals surface area (Å²) in [4.78, 5) is 0. The Labute approximate surface area is 112 Å². The van der Waals surface area contributed by atoms with E-state index in [2.05, 4.69) is 18.3 Å². The van der Waals surface area contributed by atoms with Crippen LogP contribution in [0.1, 0.15) is 29.7 Å². The summed E-state index contributed by atoms with van der Waals surface area (Å²) >= 11 is 0. The zero-order chi connectivity index (χ0) is 13.7. The Morgan fingerprint density at radius 1 is 1.11 bits per heavy atom. The van der Waals surface area contributed by atoms with Gasteiger partial charge in [0, 0.05) is 12.6 Å². The van der Waals surface area contributed by atoms with Gasteiger partial charge in [0.25, 0.3) is 0 Å². The number of nitrogens with one attached hydrogen (secondary N) is 1. The number of halogens is 1. The topological polar surface area (TPSA) is 35.8 Å². The molecule has 19 heavy (non-hydrogen) atoms. The molecule has 2 nitrogen and oxygen atoms in total. The first-order chi connectivity index (χ1) is 9.19. The molecule has 1 N–H and O–H groups in total. The smallest absolute Gasteiger partial charge is 0.123 e. The summed E-state index contributed by atoms with van der Waals surface area (Å²) in [5.74, 6) is -0.219. The molecule has 0 saturated heterocycles. The van der Waals surface area contributed by atoms with Gasteiger partial charge in [-0.2, -0.15) is 5.26 Å². The van der Waals surface area contributed by atoms with Crippen LogP contribution < -0.4 is 5.32 Å². The highest BCUT2D eigenvalue weighted by molar-refractivity contribution is 5.32. The summed E-state index contributed by atoms with van der Waals surface area (Å²) in [6.45, 7) is 2.74. The van der Waals surface area contributed by atoms with Crippen LogP contribution in [0.3, 0.4) is 0 Å². The lowest BCUT2D eigenvalue weighted by Crippen LogP contribution is -2.18. The van der Waals surface area contributed by atoms with E-state index >= 15 is 0 Å². The fourth-order valence-corrected chi connectivity index (χ4v) is 1.84. The molecule has 0 spiro atoms. The van der Waals surface area contributed by atoms with Crippen LogP contribution in [0, 0.1) is 17.1 Å². The highest BCUT2D eigenvalue weighted by Crippen LogP contribution is 2.14. The molecule has 0 saturated carbocycles. The average Bonchev–Trinajstić information content (AvgIpc) is 2.46. The number of benzene rings is 2. The molecular formula is C16H15FN2. The third kappa shape index (κ3) is 3.64. The van der Waals surface area contributed by atoms with Crippen molar-refractivity contribution in [1.29, 1.82) is 5.26 Å². The molecule has 1 unspecified atom stereocenters. The summed E-state index contributed by atoms with van der Waals surface area (Å²) in [5, 5.41) is 12.1. The molecule has 0 bridgehead atoms. The molecule has 3 heteroatoms. The Kier molecular flexibility index (Phi) is 4.27. The van der Waals surface area contributed by atoms with Crippen molar-refractivity contribution in [2.45, 2.75) is 19.5 Å². The van der Waals surface area contributed by atoms with Crippen molar-refractivity contribution < 1.29 is 4.39 Å². The van der Waals surface area contributed by atoms with E-state index in [1.54, 1.807) is 12.1 Å². The van der Waals surface area contributed by atoms with Crippen LogP contribution in [0.5, 0.6) is 0 Å². The fraction of sp³-hybridized carbons (Fsp3) is 0.188. The maximum absolute atomic E-state index is 12.8. The Morgan fingerprint density at radius 3 is 2.32 bits per heavy atom. The SMILES string of the molecule is CC(NCc1ccc(F)cc1)c1ccc(C#N)cc1. The zero-order valence-corrected chi connectivity index (χ0v) is 10.7. The molecule has 2 aromatic rings. The van der Waals surface area contributed by atoms with Crippen LogP contribution in [0.25, 0.3) is 0 Å². The molecule has 0 aliphatic carbocycles. The second-order valence-electron chi connectivity index (χ2n) is 4.46. The van der Waals surface area contributed by atoms with Gasteiger partial charge in [0.15, 0.2) is 0 Å². The Bertz CT molecular complexity index is 567. The first kappa shape index (κ1) is 13.3. The van der Waals surface area contributed by atoms with Crippen molar-refractivity contribution >= 4 is 0 Å². The number of nitrogens with zero attached hydrogens (tertiary/aromatic N) is 1. The monoisotopic (exact) mass is 254 g/mol. The molecule has 0 aliphatic rings. The molecule has 0 radical (unpaired) electrons. The van der Waals surface area contributed by atoms with Crippen molar-refractivity contribution in [3.63, 3.8) is 0 Å². The van der Waals surface area contributed by atoms with Gasteiger partial charge in [-0.1, -0.05) is 24.3 Å². The minimum Gasteiger partial charge on any atom is -0.306 e. The number of rotatable bonds is 4. The number of hydrogen-bond donors (Lipinski definition) is 1. The quantitative estimate of drug-likeness (QED) is 0.905. The summed E-state index contributed by atoms with van der Waals surface area (Å²) in [5.41, 5.74) is 2.83. The van der Waals surface area contributed by atoms with Crippen molar-refractivity contribution in [2.24, 2.45) is 0 Å². The summed E-state index contributed by atoms with van der Waals surface area (Å²) in [6, 6.07) is 16.3. The Hall–Kier alpha value is -2.18. The van der Waals surface area contributed by atoms with E-state index in [-0.39, 0.29) is 11.9 Å². The van der Waals surface area contributed by atoms with Crippen LogP contribution in [0.15, 0.2) is 48.5 Å². The minimum atomic E-state index is -0.219. The Balaban J connectivity index is 1.95. The molecular weight excluding hydrogens is 239 g/mol. The van der Waals surface area contributed by atoms with E-state index in [1.807, 2.05) is 24.3 Å². The molecule has 2 aromatic carbocycles. The van der Waals surface area contributed by atoms with Gasteiger partial charge in [0.2, 0.25) is 0 Å². The maximum Gasteiger partial charge on any atom is 0.123 e. The molecule has 2 rings (SSSR count). The normalized spacial score (nSPS) is 11.8. The van der Waals surface area contributed by atoms with Gasteiger partial charge in [0.1, 0.15) is 5.82 Å². The average molecular weight is 254 g/mol. The lowest BCUT2D eigenvalue weighted by atomic mass is 10.1. The third-order valence-electron chi connectivity index (χ3n) is 3.07. The first-order valence-electron chi connectivity index (χ1n) is 6.17. The van der Waals surface area contributed by atoms with Gasteiger partial charge < -0.3 is 5.32 Å². The van der Waals surface area contributed by atoms with Crippen molar-refractivity contribution in [3.8, 4) is 6.07 Å². The van der Waals surface area contributed by atoms with Crippen LogP contribution in [-0.4, -0.2) is 0 Å². The molecule has 96 valence electrons. The van der Waals surface area contributed by atoms with E-state index in [9.17, 15) is 4.39 Å². The molecule has 0 fully saturated rings. The van der Waals surface area contributed by atoms with E-state index in [0.717, 1.165) is 11.1 Å². The van der Waals surface area contributed by atoms with Crippen LogP contribution in [0.2, 0.25) is 0 Å². The van der Waals surface area contributed by atoms with Crippen LogP contribution in [0.4, 0.5) is 4.39 Å². The molecule has 1 atom stereocenters. The van der Waals surface area contributed by atoms with Crippen molar-refractivity contribution in [3.05, 3.63) is 71.0 Å². The third-order valence-corrected chi connectivity index (χ3v) is 3.07. The minimum absolute atomic E-state index is 0.179. The summed E-state index contributed by atoms with van der Waals surface area (Å²) < 4.78 is 12.8. The largest absolute Gasteiger partial charge is 0.306 e. The molecule has 0 amide bonds. The van der Waals surface area contributed by atoms with Gasteiger partial charge in [0.05, 0.1) is 11.6 Å². The number of nitriles is 1. The maximum atomic E-state index is 12.8. The van der Waals surface area contributed by atoms with Crippen LogP contribution in [-0.2, 0) is 6.54 Å². The Morgan fingerprint density at radius 2 is 1.74 bits per heavy atom.